The molecule has 0 radical (unpaired) electrons. The Balaban J connectivity index is 1.37. The van der Waals surface area contributed by atoms with Gasteiger partial charge in [-0.15, -0.1) is 6.58 Å². The van der Waals surface area contributed by atoms with Crippen LogP contribution in [0.25, 0.3) is 22.2 Å². The molecule has 1 aliphatic carbocycles. The predicted molar refractivity (Wildman–Crippen MR) is 125 cm³/mol. The van der Waals surface area contributed by atoms with Gasteiger partial charge in [0.1, 0.15) is 17.6 Å². The molecule has 2 unspecified atom stereocenters. The molecule has 0 spiro atoms. The van der Waals surface area contributed by atoms with E-state index >= 15 is 0 Å². The highest BCUT2D eigenvalue weighted by Gasteiger charge is 2.39. The Morgan fingerprint density at radius 3 is 2.78 bits per heavy atom. The van der Waals surface area contributed by atoms with Crippen LogP contribution < -0.4 is 20.1 Å². The first-order valence-electron chi connectivity index (χ1n) is 11.0. The summed E-state index contributed by atoms with van der Waals surface area (Å²) in [5, 5.41) is 7.33. The zero-order chi connectivity index (χ0) is 22.1. The van der Waals surface area contributed by atoms with Crippen molar-refractivity contribution in [2.75, 3.05) is 13.7 Å². The van der Waals surface area contributed by atoms with Gasteiger partial charge in [-0.05, 0) is 24.5 Å². The molecule has 1 aromatic heterocycles. The van der Waals surface area contributed by atoms with Crippen LogP contribution >= 0.6 is 0 Å². The molecule has 32 heavy (non-hydrogen) atoms. The summed E-state index contributed by atoms with van der Waals surface area (Å²) in [5.74, 6) is 1.96. The summed E-state index contributed by atoms with van der Waals surface area (Å²) in [6.45, 7) is 4.42. The first kappa shape index (κ1) is 20.5. The summed E-state index contributed by atoms with van der Waals surface area (Å²) in [5.41, 5.74) is 2.67. The maximum atomic E-state index is 12.6. The van der Waals surface area contributed by atoms with Crippen LogP contribution in [-0.2, 0) is 4.79 Å². The number of hydrogen-bond acceptors (Lipinski definition) is 5. The van der Waals surface area contributed by atoms with E-state index in [9.17, 15) is 4.79 Å². The molecule has 2 aromatic carbocycles. The number of methoxy groups -OCH3 is 1. The maximum Gasteiger partial charge on any atom is 0.237 e. The zero-order valence-electron chi connectivity index (χ0n) is 18.1. The quantitative estimate of drug-likeness (QED) is 0.560. The fraction of sp³-hybridized carbons (Fsp3) is 0.308. The van der Waals surface area contributed by atoms with Crippen LogP contribution in [0.4, 0.5) is 0 Å². The number of ether oxygens (including phenoxy) is 2. The minimum absolute atomic E-state index is 0.0414. The molecule has 1 aliphatic heterocycles. The second kappa shape index (κ2) is 8.63. The van der Waals surface area contributed by atoms with Gasteiger partial charge < -0.3 is 20.1 Å². The van der Waals surface area contributed by atoms with Crippen molar-refractivity contribution >= 4 is 16.8 Å². The summed E-state index contributed by atoms with van der Waals surface area (Å²) in [4.78, 5) is 17.4. The SMILES string of the molecule is C=C[C@@H]1CC1NC(=O)C1C[C@@H](Oc2cc(-c3ccccc3)nc3cc(OC)ccc23)CN1. The van der Waals surface area contributed by atoms with Crippen molar-refractivity contribution in [3.63, 3.8) is 0 Å². The predicted octanol–water partition coefficient (Wildman–Crippen LogP) is 3.71. The lowest BCUT2D eigenvalue weighted by atomic mass is 10.1. The molecule has 2 fully saturated rings. The van der Waals surface area contributed by atoms with Crippen molar-refractivity contribution in [3.05, 3.63) is 67.3 Å². The number of fused-ring (bicyclic) bond motifs is 1. The number of carbonyl (C=O) groups excluding carboxylic acids is 1. The van der Waals surface area contributed by atoms with E-state index in [-0.39, 0.29) is 24.1 Å². The third-order valence-corrected chi connectivity index (χ3v) is 6.22. The Kier molecular flexibility index (Phi) is 5.53. The van der Waals surface area contributed by atoms with E-state index in [2.05, 4.69) is 17.2 Å². The molecule has 2 aliphatic rings. The first-order chi connectivity index (χ1) is 15.6. The number of pyridine rings is 1. The molecule has 1 saturated carbocycles. The zero-order valence-corrected chi connectivity index (χ0v) is 18.1. The Labute approximate surface area is 187 Å². The van der Waals surface area contributed by atoms with Gasteiger partial charge in [0.2, 0.25) is 5.91 Å². The molecule has 1 amide bonds. The van der Waals surface area contributed by atoms with Gasteiger partial charge in [-0.25, -0.2) is 4.98 Å². The van der Waals surface area contributed by atoms with E-state index in [1.54, 1.807) is 7.11 Å². The largest absolute Gasteiger partial charge is 0.497 e. The summed E-state index contributed by atoms with van der Waals surface area (Å²) < 4.78 is 11.8. The van der Waals surface area contributed by atoms with Crippen LogP contribution in [0.15, 0.2) is 67.3 Å². The average Bonchev–Trinajstić information content (AvgIpc) is 3.42. The molecule has 3 aromatic rings. The van der Waals surface area contributed by atoms with E-state index < -0.39 is 0 Å². The maximum absolute atomic E-state index is 12.6. The average molecular weight is 430 g/mol. The molecule has 2 N–H and O–H groups in total. The van der Waals surface area contributed by atoms with Crippen molar-refractivity contribution < 1.29 is 14.3 Å². The van der Waals surface area contributed by atoms with Gasteiger partial charge in [-0.2, -0.15) is 0 Å². The highest BCUT2D eigenvalue weighted by atomic mass is 16.5. The molecule has 6 nitrogen and oxygen atoms in total. The Hall–Kier alpha value is -3.38. The second-order valence-electron chi connectivity index (χ2n) is 8.44. The third-order valence-electron chi connectivity index (χ3n) is 6.22. The third kappa shape index (κ3) is 4.18. The fourth-order valence-electron chi connectivity index (χ4n) is 4.25. The minimum Gasteiger partial charge on any atom is -0.497 e. The van der Waals surface area contributed by atoms with Crippen molar-refractivity contribution in [1.82, 2.24) is 15.6 Å². The number of nitrogens with one attached hydrogen (secondary N) is 2. The number of amides is 1. The standard InChI is InChI=1S/C26H27N3O3/c1-3-16-11-21(16)29-26(30)24-13-19(15-27-24)32-25-14-22(17-7-5-4-6-8-17)28-23-12-18(31-2)9-10-20(23)25/h3-10,12,14,16,19,21,24,27H,1,11,13,15H2,2H3,(H,29,30)/t16-,19-,21?,24?/m1/s1. The number of aromatic nitrogens is 1. The van der Waals surface area contributed by atoms with Gasteiger partial charge >= 0.3 is 0 Å². The van der Waals surface area contributed by atoms with Gasteiger partial charge in [0.05, 0.1) is 24.4 Å². The van der Waals surface area contributed by atoms with Gasteiger partial charge in [-0.1, -0.05) is 36.4 Å². The van der Waals surface area contributed by atoms with Gasteiger partial charge in [0.15, 0.2) is 0 Å². The molecule has 0 bridgehead atoms. The van der Waals surface area contributed by atoms with Crippen LogP contribution in [0.3, 0.4) is 0 Å². The fourth-order valence-corrected chi connectivity index (χ4v) is 4.25. The van der Waals surface area contributed by atoms with Crippen LogP contribution in [0.5, 0.6) is 11.5 Å². The molecular weight excluding hydrogens is 402 g/mol. The van der Waals surface area contributed by atoms with Crippen molar-refractivity contribution in [2.24, 2.45) is 5.92 Å². The normalized spacial score (nSPS) is 24.2. The summed E-state index contributed by atoms with van der Waals surface area (Å²) in [7, 11) is 1.65. The van der Waals surface area contributed by atoms with Gasteiger partial charge in [0.25, 0.3) is 0 Å². The Morgan fingerprint density at radius 2 is 2.03 bits per heavy atom. The Morgan fingerprint density at radius 1 is 1.19 bits per heavy atom. The van der Waals surface area contributed by atoms with E-state index in [0.717, 1.165) is 40.1 Å². The Bertz CT molecular complexity index is 1150. The van der Waals surface area contributed by atoms with Gasteiger partial charge in [-0.3, -0.25) is 4.79 Å². The number of benzene rings is 2. The highest BCUT2D eigenvalue weighted by Crippen LogP contribution is 2.34. The van der Waals surface area contributed by atoms with E-state index in [1.165, 1.54) is 0 Å². The topological polar surface area (TPSA) is 72.5 Å². The molecule has 164 valence electrons. The van der Waals surface area contributed by atoms with Crippen molar-refractivity contribution in [2.45, 2.75) is 31.0 Å². The van der Waals surface area contributed by atoms with Crippen LogP contribution in [-0.4, -0.2) is 42.7 Å². The smallest absolute Gasteiger partial charge is 0.237 e. The van der Waals surface area contributed by atoms with E-state index in [4.69, 9.17) is 14.5 Å². The van der Waals surface area contributed by atoms with Gasteiger partial charge in [0, 0.05) is 42.1 Å². The summed E-state index contributed by atoms with van der Waals surface area (Å²) >= 11 is 0. The summed E-state index contributed by atoms with van der Waals surface area (Å²) in [6, 6.07) is 17.8. The summed E-state index contributed by atoms with van der Waals surface area (Å²) in [6.07, 6.45) is 3.41. The monoisotopic (exact) mass is 429 g/mol. The molecule has 6 heteroatoms. The lowest BCUT2D eigenvalue weighted by Crippen LogP contribution is -2.41. The number of nitrogens with zero attached hydrogens (tertiary/aromatic N) is 1. The van der Waals surface area contributed by atoms with Crippen LogP contribution in [0, 0.1) is 5.92 Å². The molecule has 2 heterocycles. The molecule has 5 rings (SSSR count). The number of carbonyl (C=O) groups is 1. The van der Waals surface area contributed by atoms with E-state index in [1.807, 2.05) is 60.7 Å². The lowest BCUT2D eigenvalue weighted by Gasteiger charge is -2.17. The first-order valence-corrected chi connectivity index (χ1v) is 11.0. The van der Waals surface area contributed by atoms with Crippen LogP contribution in [0.2, 0.25) is 0 Å². The minimum atomic E-state index is -0.243. The highest BCUT2D eigenvalue weighted by molar-refractivity contribution is 5.89. The van der Waals surface area contributed by atoms with Crippen molar-refractivity contribution in [1.29, 1.82) is 0 Å². The number of hydrogen-bond donors (Lipinski definition) is 2. The number of rotatable bonds is 7. The lowest BCUT2D eigenvalue weighted by molar-refractivity contribution is -0.123. The molecule has 4 atom stereocenters. The second-order valence-corrected chi connectivity index (χ2v) is 8.44. The van der Waals surface area contributed by atoms with Crippen LogP contribution in [0.1, 0.15) is 12.8 Å². The van der Waals surface area contributed by atoms with E-state index in [0.29, 0.717) is 18.9 Å². The molecular formula is C26H27N3O3. The van der Waals surface area contributed by atoms with Crippen molar-refractivity contribution in [3.8, 4) is 22.8 Å². The molecule has 1 saturated heterocycles.